The van der Waals surface area contributed by atoms with Crippen LogP contribution in [0.5, 0.6) is 0 Å². The number of rotatable bonds is 4. The van der Waals surface area contributed by atoms with Crippen LogP contribution in [-0.4, -0.2) is 55.2 Å². The van der Waals surface area contributed by atoms with Crippen molar-refractivity contribution in [3.8, 4) is 12.1 Å². The van der Waals surface area contributed by atoms with Gasteiger partial charge in [0.05, 0.1) is 30.8 Å². The number of nitrogens with one attached hydrogen (secondary N) is 1. The number of alkyl halides is 1. The third-order valence-electron chi connectivity index (χ3n) is 5.12. The molecule has 1 N–H and O–H groups in total. The number of hydrogen-bond acceptors (Lipinski definition) is 5. The smallest absolute Gasteiger partial charge is 0.237 e. The number of nitriles is 2. The van der Waals surface area contributed by atoms with Gasteiger partial charge >= 0.3 is 0 Å². The van der Waals surface area contributed by atoms with E-state index in [-0.39, 0.29) is 31.5 Å². The predicted molar refractivity (Wildman–Crippen MR) is 95.0 cm³/mol. The van der Waals surface area contributed by atoms with Crippen LogP contribution < -0.4 is 10.2 Å². The summed E-state index contributed by atoms with van der Waals surface area (Å²) >= 11 is 0. The first-order valence-corrected chi connectivity index (χ1v) is 8.92. The highest BCUT2D eigenvalue weighted by molar-refractivity contribution is 5.79. The molecule has 1 aromatic carbocycles. The lowest BCUT2D eigenvalue weighted by Crippen LogP contribution is -2.47. The molecule has 0 bridgehead atoms. The Morgan fingerprint density at radius 2 is 1.92 bits per heavy atom. The Morgan fingerprint density at radius 3 is 2.54 bits per heavy atom. The first-order valence-electron chi connectivity index (χ1n) is 8.92. The minimum absolute atomic E-state index is 0.0237. The van der Waals surface area contributed by atoms with Crippen molar-refractivity contribution >= 4 is 11.6 Å². The largest absolute Gasteiger partial charge is 0.371 e. The molecule has 2 atom stereocenters. The van der Waals surface area contributed by atoms with Gasteiger partial charge in [-0.05, 0) is 37.1 Å². The van der Waals surface area contributed by atoms with Crippen molar-refractivity contribution < 1.29 is 9.18 Å². The summed E-state index contributed by atoms with van der Waals surface area (Å²) in [5.74, 6) is -0.203. The van der Waals surface area contributed by atoms with E-state index in [1.165, 1.54) is 4.90 Å². The van der Waals surface area contributed by atoms with E-state index >= 15 is 0 Å². The summed E-state index contributed by atoms with van der Waals surface area (Å²) in [5, 5.41) is 21.2. The molecule has 3 rings (SSSR count). The SMILES string of the molecule is N#Cc1ccc(N2CCC(NCC(=O)N3C[C@@H](F)C[C@H]3C#N)CC2)cc1. The molecule has 0 aliphatic carbocycles. The van der Waals surface area contributed by atoms with Gasteiger partial charge in [0, 0.05) is 31.2 Å². The maximum absolute atomic E-state index is 13.4. The summed E-state index contributed by atoms with van der Waals surface area (Å²) in [6.07, 6.45) is 0.825. The topological polar surface area (TPSA) is 83.2 Å². The molecule has 2 saturated heterocycles. The third-order valence-corrected chi connectivity index (χ3v) is 5.12. The fourth-order valence-corrected chi connectivity index (χ4v) is 3.60. The first-order chi connectivity index (χ1) is 12.6. The molecule has 2 heterocycles. The number of likely N-dealkylation sites (tertiary alicyclic amines) is 1. The Kier molecular flexibility index (Phi) is 5.70. The highest BCUT2D eigenvalue weighted by atomic mass is 19.1. The number of amides is 1. The third kappa shape index (κ3) is 4.12. The van der Waals surface area contributed by atoms with E-state index < -0.39 is 12.2 Å². The zero-order chi connectivity index (χ0) is 18.5. The van der Waals surface area contributed by atoms with E-state index in [0.29, 0.717) is 5.56 Å². The highest BCUT2D eigenvalue weighted by Gasteiger charge is 2.35. The molecule has 0 saturated carbocycles. The Hall–Kier alpha value is -2.64. The van der Waals surface area contributed by atoms with Crippen LogP contribution in [0.2, 0.25) is 0 Å². The number of benzene rings is 1. The number of anilines is 1. The molecule has 1 amide bonds. The summed E-state index contributed by atoms with van der Waals surface area (Å²) in [7, 11) is 0. The van der Waals surface area contributed by atoms with Crippen molar-refractivity contribution in [2.24, 2.45) is 0 Å². The summed E-state index contributed by atoms with van der Waals surface area (Å²) in [4.78, 5) is 15.9. The Morgan fingerprint density at radius 1 is 1.23 bits per heavy atom. The van der Waals surface area contributed by atoms with E-state index in [2.05, 4.69) is 16.3 Å². The average molecular weight is 355 g/mol. The number of piperidine rings is 1. The second kappa shape index (κ2) is 8.16. The molecule has 0 radical (unpaired) electrons. The lowest BCUT2D eigenvalue weighted by molar-refractivity contribution is -0.130. The highest BCUT2D eigenvalue weighted by Crippen LogP contribution is 2.21. The van der Waals surface area contributed by atoms with E-state index in [4.69, 9.17) is 10.5 Å². The van der Waals surface area contributed by atoms with Crippen LogP contribution >= 0.6 is 0 Å². The number of carbonyl (C=O) groups excluding carboxylic acids is 1. The number of carbonyl (C=O) groups is 1. The van der Waals surface area contributed by atoms with E-state index in [1.807, 2.05) is 30.3 Å². The minimum Gasteiger partial charge on any atom is -0.371 e. The molecule has 2 aliphatic rings. The van der Waals surface area contributed by atoms with E-state index in [9.17, 15) is 9.18 Å². The molecule has 2 fully saturated rings. The van der Waals surface area contributed by atoms with Gasteiger partial charge in [0.25, 0.3) is 0 Å². The van der Waals surface area contributed by atoms with Gasteiger partial charge in [0.15, 0.2) is 0 Å². The molecule has 1 aromatic rings. The van der Waals surface area contributed by atoms with Crippen molar-refractivity contribution in [1.29, 1.82) is 10.5 Å². The van der Waals surface area contributed by atoms with Gasteiger partial charge in [-0.2, -0.15) is 10.5 Å². The normalized spacial score (nSPS) is 23.5. The molecule has 0 aromatic heterocycles. The van der Waals surface area contributed by atoms with Crippen LogP contribution in [0.15, 0.2) is 24.3 Å². The monoisotopic (exact) mass is 355 g/mol. The zero-order valence-electron chi connectivity index (χ0n) is 14.6. The molecule has 7 heteroatoms. The zero-order valence-corrected chi connectivity index (χ0v) is 14.6. The second-order valence-electron chi connectivity index (χ2n) is 6.82. The predicted octanol–water partition coefficient (Wildman–Crippen LogP) is 1.58. The van der Waals surface area contributed by atoms with Gasteiger partial charge in [0.1, 0.15) is 12.2 Å². The fraction of sp³-hybridized carbons (Fsp3) is 0.526. The summed E-state index contributed by atoms with van der Waals surface area (Å²) in [6, 6.07) is 11.3. The summed E-state index contributed by atoms with van der Waals surface area (Å²) < 4.78 is 13.4. The Labute approximate surface area is 152 Å². The first kappa shape index (κ1) is 18.2. The Balaban J connectivity index is 1.45. The average Bonchev–Trinajstić information content (AvgIpc) is 3.07. The number of hydrogen-bond donors (Lipinski definition) is 1. The molecule has 2 aliphatic heterocycles. The fourth-order valence-electron chi connectivity index (χ4n) is 3.60. The van der Waals surface area contributed by atoms with Crippen LogP contribution in [0.1, 0.15) is 24.8 Å². The molecular formula is C19H22FN5O. The van der Waals surface area contributed by atoms with Crippen LogP contribution in [0.3, 0.4) is 0 Å². The molecule has 136 valence electrons. The van der Waals surface area contributed by atoms with Gasteiger partial charge in [-0.15, -0.1) is 0 Å². The van der Waals surface area contributed by atoms with Crippen molar-refractivity contribution in [2.45, 2.75) is 37.5 Å². The van der Waals surface area contributed by atoms with Gasteiger partial charge in [-0.25, -0.2) is 4.39 Å². The lowest BCUT2D eigenvalue weighted by atomic mass is 10.0. The van der Waals surface area contributed by atoms with Crippen molar-refractivity contribution in [1.82, 2.24) is 10.2 Å². The Bertz CT molecular complexity index is 715. The maximum atomic E-state index is 13.4. The van der Waals surface area contributed by atoms with Gasteiger partial charge in [-0.3, -0.25) is 4.79 Å². The van der Waals surface area contributed by atoms with Gasteiger partial charge in [0.2, 0.25) is 5.91 Å². The van der Waals surface area contributed by atoms with Crippen molar-refractivity contribution in [3.63, 3.8) is 0 Å². The van der Waals surface area contributed by atoms with Gasteiger partial charge < -0.3 is 15.1 Å². The minimum atomic E-state index is -1.10. The van der Waals surface area contributed by atoms with Crippen LogP contribution in [0.4, 0.5) is 10.1 Å². The quantitative estimate of drug-likeness (QED) is 0.887. The standard InChI is InChI=1S/C19H22FN5O/c20-15-9-18(11-22)25(13-15)19(26)12-23-16-5-7-24(8-6-16)17-3-1-14(10-21)2-4-17/h1-4,15-16,18,23H,5-9,12-13H2/t15-,18-/m0/s1. The lowest BCUT2D eigenvalue weighted by Gasteiger charge is -2.34. The van der Waals surface area contributed by atoms with Crippen LogP contribution in [0.25, 0.3) is 0 Å². The van der Waals surface area contributed by atoms with Gasteiger partial charge in [-0.1, -0.05) is 0 Å². The van der Waals surface area contributed by atoms with Crippen molar-refractivity contribution in [3.05, 3.63) is 29.8 Å². The number of nitrogens with zero attached hydrogens (tertiary/aromatic N) is 4. The van der Waals surface area contributed by atoms with E-state index in [1.54, 1.807) is 0 Å². The summed E-state index contributed by atoms with van der Waals surface area (Å²) in [6.45, 7) is 1.91. The molecule has 0 spiro atoms. The summed E-state index contributed by atoms with van der Waals surface area (Å²) in [5.41, 5.74) is 1.75. The van der Waals surface area contributed by atoms with Crippen LogP contribution in [0, 0.1) is 22.7 Å². The molecule has 26 heavy (non-hydrogen) atoms. The second-order valence-corrected chi connectivity index (χ2v) is 6.82. The van der Waals surface area contributed by atoms with Crippen molar-refractivity contribution in [2.75, 3.05) is 31.1 Å². The number of halogens is 1. The maximum Gasteiger partial charge on any atom is 0.237 e. The molecule has 0 unspecified atom stereocenters. The molecule has 6 nitrogen and oxygen atoms in total. The molecular weight excluding hydrogens is 333 g/mol. The van der Waals surface area contributed by atoms with E-state index in [0.717, 1.165) is 31.6 Å². The van der Waals surface area contributed by atoms with Crippen LogP contribution in [-0.2, 0) is 4.79 Å².